The first-order chi connectivity index (χ1) is 8.84. The van der Waals surface area contributed by atoms with E-state index in [1.165, 1.54) is 5.56 Å². The molecule has 3 heteroatoms. The van der Waals surface area contributed by atoms with Crippen LogP contribution in [0.25, 0.3) is 16.8 Å². The molecule has 0 aliphatic rings. The summed E-state index contributed by atoms with van der Waals surface area (Å²) in [5.41, 5.74) is 4.51. The second-order valence-electron chi connectivity index (χ2n) is 4.20. The van der Waals surface area contributed by atoms with Crippen LogP contribution in [0.15, 0.2) is 61.2 Å². The van der Waals surface area contributed by atoms with Gasteiger partial charge in [0.1, 0.15) is 0 Å². The van der Waals surface area contributed by atoms with Gasteiger partial charge in [-0.15, -0.1) is 0 Å². The highest BCUT2D eigenvalue weighted by molar-refractivity contribution is 5.65. The van der Waals surface area contributed by atoms with Crippen LogP contribution in [0.2, 0.25) is 0 Å². The molecule has 1 aromatic carbocycles. The van der Waals surface area contributed by atoms with Crippen LogP contribution < -0.4 is 0 Å². The molecule has 0 N–H and O–H groups in total. The van der Waals surface area contributed by atoms with Crippen molar-refractivity contribution in [1.82, 2.24) is 14.8 Å². The maximum Gasteiger partial charge on any atom is 0.0645 e. The van der Waals surface area contributed by atoms with Gasteiger partial charge in [0, 0.05) is 24.2 Å². The van der Waals surface area contributed by atoms with Crippen LogP contribution in [-0.4, -0.2) is 14.8 Å². The Morgan fingerprint density at radius 1 is 1.00 bits per heavy atom. The lowest BCUT2D eigenvalue weighted by Crippen LogP contribution is -1.92. The summed E-state index contributed by atoms with van der Waals surface area (Å²) in [5.74, 6) is 0. The fourth-order valence-electron chi connectivity index (χ4n) is 1.98. The monoisotopic (exact) mass is 235 g/mol. The average Bonchev–Trinajstić information content (AvgIpc) is 2.90. The van der Waals surface area contributed by atoms with Gasteiger partial charge in [-0.3, -0.25) is 4.98 Å². The molecule has 0 fully saturated rings. The van der Waals surface area contributed by atoms with Crippen LogP contribution in [0.1, 0.15) is 5.56 Å². The molecule has 3 nitrogen and oxygen atoms in total. The van der Waals surface area contributed by atoms with E-state index in [2.05, 4.69) is 17.0 Å². The van der Waals surface area contributed by atoms with E-state index in [4.69, 9.17) is 0 Å². The van der Waals surface area contributed by atoms with Crippen LogP contribution in [-0.2, 0) is 0 Å². The van der Waals surface area contributed by atoms with Crippen molar-refractivity contribution in [3.8, 4) is 16.8 Å². The molecule has 0 aliphatic carbocycles. The van der Waals surface area contributed by atoms with Crippen molar-refractivity contribution in [2.75, 3.05) is 0 Å². The summed E-state index contributed by atoms with van der Waals surface area (Å²) >= 11 is 0. The van der Waals surface area contributed by atoms with E-state index in [1.807, 2.05) is 65.9 Å². The van der Waals surface area contributed by atoms with Crippen molar-refractivity contribution < 1.29 is 0 Å². The molecule has 3 rings (SSSR count). The molecule has 0 unspecified atom stereocenters. The van der Waals surface area contributed by atoms with Crippen LogP contribution in [0.3, 0.4) is 0 Å². The third kappa shape index (κ3) is 1.91. The average molecular weight is 235 g/mol. The minimum atomic E-state index is 1.07. The molecular weight excluding hydrogens is 222 g/mol. The molecule has 0 radical (unpaired) electrons. The summed E-state index contributed by atoms with van der Waals surface area (Å²) in [5, 5.41) is 4.40. The van der Waals surface area contributed by atoms with E-state index >= 15 is 0 Å². The van der Waals surface area contributed by atoms with Gasteiger partial charge < -0.3 is 0 Å². The third-order valence-electron chi connectivity index (χ3n) is 2.93. The minimum absolute atomic E-state index is 1.07. The van der Waals surface area contributed by atoms with E-state index in [0.29, 0.717) is 0 Å². The molecule has 2 aromatic heterocycles. The van der Waals surface area contributed by atoms with Crippen LogP contribution >= 0.6 is 0 Å². The summed E-state index contributed by atoms with van der Waals surface area (Å²) in [6.45, 7) is 2.06. The number of hydrogen-bond acceptors (Lipinski definition) is 2. The van der Waals surface area contributed by atoms with Crippen LogP contribution in [0, 0.1) is 6.92 Å². The number of aryl methyl sites for hydroxylation is 1. The zero-order valence-corrected chi connectivity index (χ0v) is 10.1. The lowest BCUT2D eigenvalue weighted by atomic mass is 10.1. The topological polar surface area (TPSA) is 30.7 Å². The Morgan fingerprint density at radius 2 is 1.83 bits per heavy atom. The third-order valence-corrected chi connectivity index (χ3v) is 2.93. The number of aromatic nitrogens is 3. The zero-order valence-electron chi connectivity index (χ0n) is 10.1. The Morgan fingerprint density at radius 3 is 2.61 bits per heavy atom. The standard InChI is InChI=1S/C15H13N3/c1-12-9-16-8-7-15(12)13-10-17-18(11-13)14-5-3-2-4-6-14/h2-11H,1H3. The predicted octanol–water partition coefficient (Wildman–Crippen LogP) is 3.24. The van der Waals surface area contributed by atoms with Crippen molar-refractivity contribution in [1.29, 1.82) is 0 Å². The highest BCUT2D eigenvalue weighted by atomic mass is 15.3. The molecular formula is C15H13N3. The van der Waals surface area contributed by atoms with Gasteiger partial charge in [-0.1, -0.05) is 18.2 Å². The van der Waals surface area contributed by atoms with Gasteiger partial charge in [-0.25, -0.2) is 4.68 Å². The molecule has 0 saturated heterocycles. The number of nitrogens with zero attached hydrogens (tertiary/aromatic N) is 3. The fourth-order valence-corrected chi connectivity index (χ4v) is 1.98. The van der Waals surface area contributed by atoms with Gasteiger partial charge in [0.05, 0.1) is 11.9 Å². The molecule has 0 atom stereocenters. The summed E-state index contributed by atoms with van der Waals surface area (Å²) < 4.78 is 1.88. The Bertz CT molecular complexity index is 656. The van der Waals surface area contributed by atoms with Crippen molar-refractivity contribution >= 4 is 0 Å². The second-order valence-corrected chi connectivity index (χ2v) is 4.20. The van der Waals surface area contributed by atoms with Gasteiger partial charge in [-0.05, 0) is 36.2 Å². The second kappa shape index (κ2) is 4.45. The quantitative estimate of drug-likeness (QED) is 0.682. The molecule has 0 amide bonds. The maximum atomic E-state index is 4.40. The van der Waals surface area contributed by atoms with Crippen LogP contribution in [0.4, 0.5) is 0 Å². The molecule has 0 bridgehead atoms. The Kier molecular flexibility index (Phi) is 2.65. The SMILES string of the molecule is Cc1cnccc1-c1cnn(-c2ccccc2)c1. The van der Waals surface area contributed by atoms with Crippen molar-refractivity contribution in [2.45, 2.75) is 6.92 Å². The smallest absolute Gasteiger partial charge is 0.0645 e. The highest BCUT2D eigenvalue weighted by Crippen LogP contribution is 2.22. The Labute approximate surface area is 106 Å². The number of hydrogen-bond donors (Lipinski definition) is 0. The summed E-state index contributed by atoms with van der Waals surface area (Å²) in [6.07, 6.45) is 7.60. The maximum absolute atomic E-state index is 4.40. The van der Waals surface area contributed by atoms with E-state index in [9.17, 15) is 0 Å². The van der Waals surface area contributed by atoms with Crippen LogP contribution in [0.5, 0.6) is 0 Å². The lowest BCUT2D eigenvalue weighted by molar-refractivity contribution is 0.881. The Balaban J connectivity index is 2.03. The molecule has 3 aromatic rings. The number of benzene rings is 1. The van der Waals surface area contributed by atoms with E-state index < -0.39 is 0 Å². The molecule has 0 spiro atoms. The normalized spacial score (nSPS) is 10.5. The summed E-state index contributed by atoms with van der Waals surface area (Å²) in [4.78, 5) is 4.11. The minimum Gasteiger partial charge on any atom is -0.264 e. The van der Waals surface area contributed by atoms with E-state index in [-0.39, 0.29) is 0 Å². The first-order valence-corrected chi connectivity index (χ1v) is 5.86. The number of rotatable bonds is 2. The zero-order chi connectivity index (χ0) is 12.4. The van der Waals surface area contributed by atoms with Crippen molar-refractivity contribution in [3.63, 3.8) is 0 Å². The molecule has 2 heterocycles. The number of para-hydroxylation sites is 1. The number of pyridine rings is 1. The molecule has 18 heavy (non-hydrogen) atoms. The van der Waals surface area contributed by atoms with Crippen molar-refractivity contribution in [2.24, 2.45) is 0 Å². The molecule has 88 valence electrons. The van der Waals surface area contributed by atoms with E-state index in [0.717, 1.165) is 16.8 Å². The largest absolute Gasteiger partial charge is 0.264 e. The predicted molar refractivity (Wildman–Crippen MR) is 71.5 cm³/mol. The van der Waals surface area contributed by atoms with Gasteiger partial charge in [0.15, 0.2) is 0 Å². The van der Waals surface area contributed by atoms with E-state index in [1.54, 1.807) is 0 Å². The lowest BCUT2D eigenvalue weighted by Gasteiger charge is -2.01. The first kappa shape index (κ1) is 10.7. The summed E-state index contributed by atoms with van der Waals surface area (Å²) in [7, 11) is 0. The summed E-state index contributed by atoms with van der Waals surface area (Å²) in [6, 6.07) is 12.1. The highest BCUT2D eigenvalue weighted by Gasteiger charge is 2.05. The van der Waals surface area contributed by atoms with Crippen molar-refractivity contribution in [3.05, 3.63) is 66.7 Å². The van der Waals surface area contributed by atoms with Gasteiger partial charge in [0.25, 0.3) is 0 Å². The first-order valence-electron chi connectivity index (χ1n) is 5.86. The van der Waals surface area contributed by atoms with Gasteiger partial charge >= 0.3 is 0 Å². The van der Waals surface area contributed by atoms with Gasteiger partial charge in [-0.2, -0.15) is 5.10 Å². The molecule has 0 aliphatic heterocycles. The molecule has 0 saturated carbocycles. The fraction of sp³-hybridized carbons (Fsp3) is 0.0667. The van der Waals surface area contributed by atoms with Gasteiger partial charge in [0.2, 0.25) is 0 Å². The Hall–Kier alpha value is -2.42.